The van der Waals surface area contributed by atoms with Gasteiger partial charge in [-0.15, -0.1) is 0 Å². The minimum Gasteiger partial charge on any atom is -0.462 e. The predicted molar refractivity (Wildman–Crippen MR) is 268 cm³/mol. The lowest BCUT2D eigenvalue weighted by molar-refractivity contribution is -0.151. The molecule has 0 bridgehead atoms. The fourth-order valence-corrected chi connectivity index (χ4v) is 7.72. The number of carbonyl (C=O) groups excluding carboxylic acids is 2. The summed E-state index contributed by atoms with van der Waals surface area (Å²) in [5, 5.41) is 23.8. The van der Waals surface area contributed by atoms with Crippen molar-refractivity contribution in [2.45, 2.75) is 264 Å². The van der Waals surface area contributed by atoms with Crippen LogP contribution in [0.2, 0.25) is 0 Å². The highest BCUT2D eigenvalue weighted by Crippen LogP contribution is 2.18. The zero-order chi connectivity index (χ0) is 45.2. The van der Waals surface area contributed by atoms with Crippen molar-refractivity contribution in [1.82, 2.24) is 5.32 Å². The van der Waals surface area contributed by atoms with Crippen LogP contribution in [0, 0.1) is 0 Å². The summed E-state index contributed by atoms with van der Waals surface area (Å²) in [4.78, 5) is 26.1. The first kappa shape index (κ1) is 59.3. The van der Waals surface area contributed by atoms with Crippen molar-refractivity contribution >= 4 is 11.9 Å². The maximum absolute atomic E-state index is 13.2. The summed E-state index contributed by atoms with van der Waals surface area (Å²) in [5.74, 6) is -0.524. The van der Waals surface area contributed by atoms with Crippen molar-refractivity contribution in [3.63, 3.8) is 0 Å². The van der Waals surface area contributed by atoms with Crippen LogP contribution in [-0.4, -0.2) is 46.9 Å². The van der Waals surface area contributed by atoms with Crippen molar-refractivity contribution in [3.05, 3.63) is 72.9 Å². The van der Waals surface area contributed by atoms with Crippen LogP contribution >= 0.6 is 0 Å². The number of allylic oxidation sites excluding steroid dienone is 12. The van der Waals surface area contributed by atoms with E-state index in [2.05, 4.69) is 86.8 Å². The second-order valence-electron chi connectivity index (χ2n) is 17.6. The van der Waals surface area contributed by atoms with Crippen LogP contribution in [0.4, 0.5) is 0 Å². The van der Waals surface area contributed by atoms with Gasteiger partial charge in [-0.2, -0.15) is 0 Å². The maximum atomic E-state index is 13.2. The Hall–Kier alpha value is -2.70. The number of amides is 1. The molecule has 0 rings (SSSR count). The van der Waals surface area contributed by atoms with E-state index in [0.717, 1.165) is 83.5 Å². The number of hydrogen-bond acceptors (Lipinski definition) is 5. The Balaban J connectivity index is 4.52. The van der Waals surface area contributed by atoms with E-state index in [1.807, 2.05) is 12.2 Å². The Morgan fingerprint density at radius 2 is 0.871 bits per heavy atom. The van der Waals surface area contributed by atoms with E-state index in [9.17, 15) is 19.8 Å². The van der Waals surface area contributed by atoms with E-state index in [-0.39, 0.29) is 24.9 Å². The van der Waals surface area contributed by atoms with Gasteiger partial charge in [0.05, 0.1) is 25.2 Å². The molecule has 6 nitrogen and oxygen atoms in total. The lowest BCUT2D eigenvalue weighted by atomic mass is 10.0. The highest BCUT2D eigenvalue weighted by molar-refractivity contribution is 5.77. The molecule has 1 amide bonds. The van der Waals surface area contributed by atoms with E-state index in [0.29, 0.717) is 19.3 Å². The Morgan fingerprint density at radius 3 is 1.32 bits per heavy atom. The van der Waals surface area contributed by atoms with Gasteiger partial charge < -0.3 is 20.3 Å². The largest absolute Gasteiger partial charge is 0.462 e. The molecule has 3 unspecified atom stereocenters. The second-order valence-corrected chi connectivity index (χ2v) is 17.6. The molecule has 0 saturated heterocycles. The van der Waals surface area contributed by atoms with Crippen LogP contribution in [0.1, 0.15) is 245 Å². The number of aliphatic hydroxyl groups excluding tert-OH is 2. The third-order valence-corrected chi connectivity index (χ3v) is 11.7. The van der Waals surface area contributed by atoms with Crippen LogP contribution in [0.15, 0.2) is 72.9 Å². The monoisotopic (exact) mass is 866 g/mol. The predicted octanol–water partition coefficient (Wildman–Crippen LogP) is 15.8. The van der Waals surface area contributed by atoms with Gasteiger partial charge in [0.15, 0.2) is 0 Å². The van der Waals surface area contributed by atoms with Gasteiger partial charge in [0, 0.05) is 6.42 Å². The SMILES string of the molecule is CC/C=C/C=C/C=C\CCCCCC(CC(=O)NC(CO)C(O)CCCCCCCCCCCCCCCCCCC)OC(=O)CCCCCCCCC/C=C/C=C/C=C/CC. The van der Waals surface area contributed by atoms with Crippen LogP contribution in [0.3, 0.4) is 0 Å². The third kappa shape index (κ3) is 43.9. The van der Waals surface area contributed by atoms with Crippen molar-refractivity contribution < 1.29 is 24.5 Å². The van der Waals surface area contributed by atoms with Gasteiger partial charge in [-0.1, -0.05) is 241 Å². The van der Waals surface area contributed by atoms with Crippen LogP contribution in [0.5, 0.6) is 0 Å². The summed E-state index contributed by atoms with van der Waals surface area (Å²) < 4.78 is 5.91. The fraction of sp³-hybridized carbons (Fsp3) is 0.750. The molecule has 0 radical (unpaired) electrons. The van der Waals surface area contributed by atoms with E-state index in [1.165, 1.54) is 116 Å². The van der Waals surface area contributed by atoms with E-state index < -0.39 is 18.2 Å². The molecule has 0 aromatic carbocycles. The molecule has 0 spiro atoms. The average molecular weight is 866 g/mol. The highest BCUT2D eigenvalue weighted by atomic mass is 16.5. The Morgan fingerprint density at radius 1 is 0.484 bits per heavy atom. The molecule has 0 heterocycles. The van der Waals surface area contributed by atoms with Gasteiger partial charge in [-0.3, -0.25) is 9.59 Å². The maximum Gasteiger partial charge on any atom is 0.306 e. The number of unbranched alkanes of at least 4 members (excludes halogenated alkanes) is 26. The van der Waals surface area contributed by atoms with Gasteiger partial charge in [0.25, 0.3) is 0 Å². The minimum absolute atomic E-state index is 0.0471. The molecule has 0 aliphatic heterocycles. The lowest BCUT2D eigenvalue weighted by Crippen LogP contribution is -2.46. The van der Waals surface area contributed by atoms with Crippen LogP contribution in [-0.2, 0) is 14.3 Å². The Kier molecular flexibility index (Phi) is 47.2. The van der Waals surface area contributed by atoms with Crippen LogP contribution in [0.25, 0.3) is 0 Å². The number of carbonyl (C=O) groups is 2. The molecular formula is C56H99NO5. The van der Waals surface area contributed by atoms with Gasteiger partial charge in [-0.25, -0.2) is 0 Å². The van der Waals surface area contributed by atoms with Crippen LogP contribution < -0.4 is 5.32 Å². The standard InChI is InChI=1S/C56H99NO5/c1-4-7-10-13-16-19-22-24-26-27-29-30-33-36-39-42-45-48-54(59)53(51-58)57-55(60)50-52(47-44-41-38-35-32-21-18-15-12-9-6-3)62-56(61)49-46-43-40-37-34-31-28-25-23-20-17-14-11-8-5-2/h8-9,11-12,14-15,17-18,20-21,23,32,52-54,58-59H,4-7,10,13,16,19,22,24-31,33-51H2,1-3H3,(H,57,60)/b11-8+,12-9+,17-14+,18-15+,23-20+,32-21-. The zero-order valence-electron chi connectivity index (χ0n) is 40.7. The van der Waals surface area contributed by atoms with Crippen molar-refractivity contribution in [2.24, 2.45) is 0 Å². The second kappa shape index (κ2) is 49.3. The number of nitrogens with one attached hydrogen (secondary N) is 1. The van der Waals surface area contributed by atoms with Gasteiger partial charge in [-0.05, 0) is 64.2 Å². The van der Waals surface area contributed by atoms with Gasteiger partial charge in [0.2, 0.25) is 5.91 Å². The molecule has 0 saturated carbocycles. The number of esters is 1. The first-order valence-electron chi connectivity index (χ1n) is 26.2. The topological polar surface area (TPSA) is 95.9 Å². The van der Waals surface area contributed by atoms with Crippen molar-refractivity contribution in [2.75, 3.05) is 6.61 Å². The number of aliphatic hydroxyl groups is 2. The smallest absolute Gasteiger partial charge is 0.306 e. The number of rotatable bonds is 46. The summed E-state index contributed by atoms with van der Waals surface area (Å²) in [6.07, 6.45) is 62.5. The van der Waals surface area contributed by atoms with E-state index in [1.54, 1.807) is 0 Å². The normalized spacial score (nSPS) is 13.8. The molecule has 62 heavy (non-hydrogen) atoms. The molecule has 0 aromatic heterocycles. The summed E-state index contributed by atoms with van der Waals surface area (Å²) in [6, 6.07) is -0.718. The molecule has 358 valence electrons. The van der Waals surface area contributed by atoms with Crippen molar-refractivity contribution in [3.8, 4) is 0 Å². The van der Waals surface area contributed by atoms with E-state index >= 15 is 0 Å². The quantitative estimate of drug-likeness (QED) is 0.0322. The van der Waals surface area contributed by atoms with E-state index in [4.69, 9.17) is 4.74 Å². The third-order valence-electron chi connectivity index (χ3n) is 11.7. The minimum atomic E-state index is -0.802. The lowest BCUT2D eigenvalue weighted by Gasteiger charge is -2.24. The van der Waals surface area contributed by atoms with Crippen molar-refractivity contribution in [1.29, 1.82) is 0 Å². The average Bonchev–Trinajstić information content (AvgIpc) is 3.26. The number of ether oxygens (including phenoxy) is 1. The first-order valence-corrected chi connectivity index (χ1v) is 26.2. The Labute approximate surface area is 383 Å². The molecule has 3 atom stereocenters. The summed E-state index contributed by atoms with van der Waals surface area (Å²) >= 11 is 0. The Bertz CT molecular complexity index is 1150. The molecule has 3 N–H and O–H groups in total. The van der Waals surface area contributed by atoms with Gasteiger partial charge >= 0.3 is 5.97 Å². The number of hydrogen-bond donors (Lipinski definition) is 3. The fourth-order valence-electron chi connectivity index (χ4n) is 7.72. The summed E-state index contributed by atoms with van der Waals surface area (Å²) in [7, 11) is 0. The molecule has 0 fully saturated rings. The molecule has 0 aliphatic rings. The molecule has 0 aliphatic carbocycles. The molecular weight excluding hydrogens is 767 g/mol. The zero-order valence-corrected chi connectivity index (χ0v) is 40.7. The first-order chi connectivity index (χ1) is 30.5. The highest BCUT2D eigenvalue weighted by Gasteiger charge is 2.24. The van der Waals surface area contributed by atoms with Gasteiger partial charge in [0.1, 0.15) is 6.10 Å². The summed E-state index contributed by atoms with van der Waals surface area (Å²) in [6.45, 7) is 6.21. The summed E-state index contributed by atoms with van der Waals surface area (Å²) in [5.41, 5.74) is 0. The molecule has 0 aromatic rings. The molecule has 6 heteroatoms.